The van der Waals surface area contributed by atoms with Gasteiger partial charge in [-0.1, -0.05) is 6.92 Å². The Kier molecular flexibility index (Phi) is 2.03. The fourth-order valence-electron chi connectivity index (χ4n) is 3.93. The molecule has 2 aliphatic heterocycles. The van der Waals surface area contributed by atoms with Crippen molar-refractivity contribution in [2.75, 3.05) is 25.5 Å². The van der Waals surface area contributed by atoms with Crippen LogP contribution in [0.3, 0.4) is 0 Å². The van der Waals surface area contributed by atoms with Gasteiger partial charge < -0.3 is 10.0 Å². The minimum atomic E-state index is 0.155. The van der Waals surface area contributed by atoms with Gasteiger partial charge in [-0.2, -0.15) is 0 Å². The van der Waals surface area contributed by atoms with Crippen molar-refractivity contribution in [3.8, 4) is 5.75 Å². The summed E-state index contributed by atoms with van der Waals surface area (Å²) in [7, 11) is 4.36. The Morgan fingerprint density at radius 3 is 2.76 bits per heavy atom. The van der Waals surface area contributed by atoms with E-state index in [4.69, 9.17) is 0 Å². The van der Waals surface area contributed by atoms with Crippen LogP contribution < -0.4 is 4.90 Å². The zero-order valence-electron chi connectivity index (χ0n) is 11.0. The van der Waals surface area contributed by atoms with Gasteiger partial charge in [-0.25, -0.2) is 0 Å². The standard InChI is InChI=1S/C14H20N2O/c1-9-7-10(17)8-11-12(9)16(4)13-14(11,2)5-6-15(13)3/h7-8,13,17H,5-6H2,1-4H3/t13?,14-/m0/s1. The largest absolute Gasteiger partial charge is 0.508 e. The molecule has 0 aliphatic carbocycles. The summed E-state index contributed by atoms with van der Waals surface area (Å²) in [6, 6.07) is 3.82. The lowest BCUT2D eigenvalue weighted by Crippen LogP contribution is -2.45. The van der Waals surface area contributed by atoms with Crippen LogP contribution in [-0.2, 0) is 5.41 Å². The molecule has 3 heteroatoms. The first-order valence-corrected chi connectivity index (χ1v) is 6.22. The van der Waals surface area contributed by atoms with Gasteiger partial charge in [0.05, 0.1) is 6.17 Å². The minimum absolute atomic E-state index is 0.155. The van der Waals surface area contributed by atoms with Crippen LogP contribution in [0.4, 0.5) is 5.69 Å². The van der Waals surface area contributed by atoms with E-state index in [-0.39, 0.29) is 5.41 Å². The molecule has 0 bridgehead atoms. The highest BCUT2D eigenvalue weighted by molar-refractivity contribution is 5.70. The Bertz CT molecular complexity index is 485. The van der Waals surface area contributed by atoms with Gasteiger partial charge in [0, 0.05) is 24.7 Å². The Labute approximate surface area is 103 Å². The molecule has 3 nitrogen and oxygen atoms in total. The highest BCUT2D eigenvalue weighted by Gasteiger charge is 2.52. The molecule has 92 valence electrons. The maximum atomic E-state index is 9.83. The van der Waals surface area contributed by atoms with E-state index < -0.39 is 0 Å². The number of hydrogen-bond donors (Lipinski definition) is 1. The highest BCUT2D eigenvalue weighted by Crippen LogP contribution is 2.52. The number of rotatable bonds is 0. The van der Waals surface area contributed by atoms with Crippen LogP contribution in [0.25, 0.3) is 0 Å². The number of aromatic hydroxyl groups is 1. The van der Waals surface area contributed by atoms with Crippen molar-refractivity contribution in [2.24, 2.45) is 0 Å². The number of phenolic OH excluding ortho intramolecular Hbond substituents is 1. The van der Waals surface area contributed by atoms with Gasteiger partial charge in [0.1, 0.15) is 5.75 Å². The number of fused-ring (bicyclic) bond motifs is 3. The third-order valence-corrected chi connectivity index (χ3v) is 4.59. The fraction of sp³-hybridized carbons (Fsp3) is 0.571. The third kappa shape index (κ3) is 1.20. The minimum Gasteiger partial charge on any atom is -0.508 e. The van der Waals surface area contributed by atoms with E-state index >= 15 is 0 Å². The van der Waals surface area contributed by atoms with Gasteiger partial charge in [0.15, 0.2) is 0 Å². The number of likely N-dealkylation sites (N-methyl/N-ethyl adjacent to an activating group) is 2. The Morgan fingerprint density at radius 1 is 1.35 bits per heavy atom. The molecule has 1 N–H and O–H groups in total. The Balaban J connectivity index is 2.25. The number of benzene rings is 1. The van der Waals surface area contributed by atoms with Crippen LogP contribution in [0.1, 0.15) is 24.5 Å². The molecular formula is C14H20N2O. The van der Waals surface area contributed by atoms with Crippen LogP contribution >= 0.6 is 0 Å². The summed E-state index contributed by atoms with van der Waals surface area (Å²) in [6.45, 7) is 5.53. The monoisotopic (exact) mass is 232 g/mol. The van der Waals surface area contributed by atoms with E-state index in [1.807, 2.05) is 12.1 Å². The van der Waals surface area contributed by atoms with E-state index in [9.17, 15) is 5.11 Å². The molecule has 1 saturated heterocycles. The van der Waals surface area contributed by atoms with Crippen molar-refractivity contribution in [3.63, 3.8) is 0 Å². The van der Waals surface area contributed by atoms with Crippen LogP contribution in [0.15, 0.2) is 12.1 Å². The van der Waals surface area contributed by atoms with Gasteiger partial charge in [0.2, 0.25) is 0 Å². The Hall–Kier alpha value is -1.22. The second-order valence-electron chi connectivity index (χ2n) is 5.79. The summed E-state index contributed by atoms with van der Waals surface area (Å²) in [5.74, 6) is 0.395. The van der Waals surface area contributed by atoms with E-state index in [0.29, 0.717) is 11.9 Å². The highest BCUT2D eigenvalue weighted by atomic mass is 16.3. The number of phenols is 1. The topological polar surface area (TPSA) is 26.7 Å². The lowest BCUT2D eigenvalue weighted by atomic mass is 9.81. The van der Waals surface area contributed by atoms with Gasteiger partial charge in [-0.15, -0.1) is 0 Å². The van der Waals surface area contributed by atoms with E-state index in [0.717, 1.165) is 13.0 Å². The van der Waals surface area contributed by atoms with Crippen molar-refractivity contribution in [1.82, 2.24) is 4.90 Å². The molecular weight excluding hydrogens is 212 g/mol. The van der Waals surface area contributed by atoms with Crippen molar-refractivity contribution >= 4 is 5.69 Å². The molecule has 1 aromatic carbocycles. The van der Waals surface area contributed by atoms with Gasteiger partial charge in [-0.05, 0) is 43.7 Å². The SMILES string of the molecule is Cc1cc(O)cc2c1N(C)C1N(C)CC[C@@]21C. The second kappa shape index (κ2) is 3.16. The number of anilines is 1. The number of hydrogen-bond acceptors (Lipinski definition) is 3. The van der Waals surface area contributed by atoms with E-state index in [1.54, 1.807) is 0 Å². The maximum absolute atomic E-state index is 9.83. The quantitative estimate of drug-likeness (QED) is 0.742. The van der Waals surface area contributed by atoms with Crippen LogP contribution in [0.2, 0.25) is 0 Å². The summed E-state index contributed by atoms with van der Waals surface area (Å²) in [5.41, 5.74) is 3.95. The second-order valence-corrected chi connectivity index (χ2v) is 5.79. The first-order chi connectivity index (χ1) is 7.95. The lowest BCUT2D eigenvalue weighted by molar-refractivity contribution is 0.268. The zero-order valence-corrected chi connectivity index (χ0v) is 11.0. The predicted octanol–water partition coefficient (Wildman–Crippen LogP) is 2.07. The van der Waals surface area contributed by atoms with Crippen LogP contribution in [0.5, 0.6) is 5.75 Å². The van der Waals surface area contributed by atoms with Crippen molar-refractivity contribution in [1.29, 1.82) is 0 Å². The molecule has 0 aromatic heterocycles. The average molecular weight is 232 g/mol. The smallest absolute Gasteiger partial charge is 0.116 e. The van der Waals surface area contributed by atoms with Crippen molar-refractivity contribution in [2.45, 2.75) is 31.8 Å². The molecule has 0 saturated carbocycles. The van der Waals surface area contributed by atoms with Gasteiger partial charge in [-0.3, -0.25) is 4.90 Å². The summed E-state index contributed by atoms with van der Waals surface area (Å²) in [6.07, 6.45) is 1.59. The fourth-order valence-corrected chi connectivity index (χ4v) is 3.93. The molecule has 2 atom stereocenters. The first kappa shape index (κ1) is 10.9. The molecule has 3 rings (SSSR count). The van der Waals surface area contributed by atoms with Gasteiger partial charge in [0.25, 0.3) is 0 Å². The van der Waals surface area contributed by atoms with Crippen LogP contribution in [-0.4, -0.2) is 36.8 Å². The predicted molar refractivity (Wildman–Crippen MR) is 69.6 cm³/mol. The average Bonchev–Trinajstić information content (AvgIpc) is 2.64. The number of nitrogens with zero attached hydrogens (tertiary/aromatic N) is 2. The molecule has 2 heterocycles. The molecule has 2 aliphatic rings. The molecule has 1 aromatic rings. The molecule has 0 spiro atoms. The van der Waals surface area contributed by atoms with Crippen molar-refractivity contribution < 1.29 is 5.11 Å². The lowest BCUT2D eigenvalue weighted by Gasteiger charge is -2.32. The maximum Gasteiger partial charge on any atom is 0.116 e. The molecule has 17 heavy (non-hydrogen) atoms. The summed E-state index contributed by atoms with van der Waals surface area (Å²) >= 11 is 0. The number of aryl methyl sites for hydroxylation is 1. The van der Waals surface area contributed by atoms with E-state index in [2.05, 4.69) is 37.7 Å². The molecule has 1 unspecified atom stereocenters. The molecule has 1 fully saturated rings. The summed E-state index contributed by atoms with van der Waals surface area (Å²) < 4.78 is 0. The molecule has 0 amide bonds. The zero-order chi connectivity index (χ0) is 12.4. The third-order valence-electron chi connectivity index (χ3n) is 4.59. The summed E-state index contributed by atoms with van der Waals surface area (Å²) in [4.78, 5) is 4.79. The number of likely N-dealkylation sites (tertiary alicyclic amines) is 1. The van der Waals surface area contributed by atoms with Gasteiger partial charge >= 0.3 is 0 Å². The first-order valence-electron chi connectivity index (χ1n) is 6.22. The van der Waals surface area contributed by atoms with Crippen LogP contribution in [0, 0.1) is 6.92 Å². The molecule has 0 radical (unpaired) electrons. The van der Waals surface area contributed by atoms with Crippen molar-refractivity contribution in [3.05, 3.63) is 23.3 Å². The Morgan fingerprint density at radius 2 is 2.06 bits per heavy atom. The summed E-state index contributed by atoms with van der Waals surface area (Å²) in [5, 5.41) is 9.83. The normalized spacial score (nSPS) is 31.8. The van der Waals surface area contributed by atoms with E-state index in [1.165, 1.54) is 16.8 Å².